The van der Waals surface area contributed by atoms with Gasteiger partial charge in [0.1, 0.15) is 0 Å². The molecular formula is C25H28N2O4S. The number of para-hydroxylation sites is 1. The van der Waals surface area contributed by atoms with Gasteiger partial charge in [-0.25, -0.2) is 8.42 Å². The van der Waals surface area contributed by atoms with E-state index in [0.29, 0.717) is 17.7 Å². The molecule has 3 aliphatic rings. The second-order valence-electron chi connectivity index (χ2n) is 9.17. The van der Waals surface area contributed by atoms with Gasteiger partial charge in [0.2, 0.25) is 11.8 Å². The molecule has 2 amide bonds. The summed E-state index contributed by atoms with van der Waals surface area (Å²) in [7, 11) is -3.77. The van der Waals surface area contributed by atoms with E-state index in [9.17, 15) is 18.0 Å². The number of fused-ring (bicyclic) bond motifs is 2. The predicted octanol–water partition coefficient (Wildman–Crippen LogP) is 3.81. The van der Waals surface area contributed by atoms with Gasteiger partial charge in [0, 0.05) is 6.54 Å². The van der Waals surface area contributed by atoms with E-state index in [1.54, 1.807) is 19.1 Å². The number of amides is 2. The smallest absolute Gasteiger partial charge is 0.264 e. The summed E-state index contributed by atoms with van der Waals surface area (Å²) in [4.78, 5) is 27.3. The third-order valence-electron chi connectivity index (χ3n) is 7.16. The van der Waals surface area contributed by atoms with E-state index in [1.165, 1.54) is 9.21 Å². The first kappa shape index (κ1) is 21.2. The zero-order valence-corrected chi connectivity index (χ0v) is 19.1. The zero-order chi connectivity index (χ0) is 22.5. The third kappa shape index (κ3) is 3.43. The Bertz CT molecular complexity index is 1170. The molecule has 5 rings (SSSR count). The summed E-state index contributed by atoms with van der Waals surface area (Å²) >= 11 is 0. The fourth-order valence-electron chi connectivity index (χ4n) is 5.46. The van der Waals surface area contributed by atoms with Gasteiger partial charge in [-0.2, -0.15) is 0 Å². The summed E-state index contributed by atoms with van der Waals surface area (Å²) in [5.74, 6) is -0.603. The normalized spacial score (nSPS) is 23.3. The highest BCUT2D eigenvalue weighted by Crippen LogP contribution is 2.39. The summed E-state index contributed by atoms with van der Waals surface area (Å²) < 4.78 is 28.8. The van der Waals surface area contributed by atoms with Crippen molar-refractivity contribution in [3.05, 3.63) is 59.2 Å². The number of benzene rings is 2. The van der Waals surface area contributed by atoms with Crippen LogP contribution in [0.3, 0.4) is 0 Å². The van der Waals surface area contributed by atoms with Crippen LogP contribution in [0.5, 0.6) is 0 Å². The number of aryl methyl sites for hydroxylation is 2. The number of rotatable bonds is 4. The Morgan fingerprint density at radius 1 is 0.938 bits per heavy atom. The maximum Gasteiger partial charge on any atom is 0.264 e. The number of carbonyl (C=O) groups excluding carboxylic acids is 2. The fraction of sp³-hybridized carbons (Fsp3) is 0.440. The number of hydrogen-bond donors (Lipinski definition) is 0. The Kier molecular flexibility index (Phi) is 5.32. The molecule has 0 spiro atoms. The molecule has 2 aromatic rings. The van der Waals surface area contributed by atoms with Crippen LogP contribution in [-0.4, -0.2) is 31.7 Å². The first-order chi connectivity index (χ1) is 15.4. The van der Waals surface area contributed by atoms with Gasteiger partial charge in [-0.1, -0.05) is 43.2 Å². The topological polar surface area (TPSA) is 74.8 Å². The minimum absolute atomic E-state index is 0.102. The highest BCUT2D eigenvalue weighted by molar-refractivity contribution is 7.92. The molecule has 0 unspecified atom stereocenters. The van der Waals surface area contributed by atoms with Crippen LogP contribution < -0.4 is 4.31 Å². The van der Waals surface area contributed by atoms with E-state index in [1.807, 2.05) is 30.3 Å². The van der Waals surface area contributed by atoms with Crippen LogP contribution in [0.4, 0.5) is 5.69 Å². The van der Waals surface area contributed by atoms with Crippen molar-refractivity contribution < 1.29 is 18.0 Å². The molecule has 2 fully saturated rings. The quantitative estimate of drug-likeness (QED) is 0.661. The van der Waals surface area contributed by atoms with Crippen molar-refractivity contribution in [2.45, 2.75) is 56.9 Å². The summed E-state index contributed by atoms with van der Waals surface area (Å²) in [5, 5.41) is 0. The Morgan fingerprint density at radius 3 is 2.34 bits per heavy atom. The molecule has 7 heteroatoms. The standard InChI is InChI=1S/C25H28N2O4S/c1-17-12-13-18(16-26-24(28)20-9-3-4-10-21(20)25(26)29)15-23(17)32(30,31)27-14-6-8-19-7-2-5-11-22(19)27/h2,5,7,11-13,15,20-21H,3-4,6,8-10,14,16H2,1H3/t20-,21-/m0/s1. The van der Waals surface area contributed by atoms with Crippen molar-refractivity contribution >= 4 is 27.5 Å². The Morgan fingerprint density at radius 2 is 1.62 bits per heavy atom. The molecule has 2 aliphatic heterocycles. The molecule has 2 aromatic carbocycles. The Hall–Kier alpha value is -2.67. The second-order valence-corrected chi connectivity index (χ2v) is 11.0. The van der Waals surface area contributed by atoms with Crippen LogP contribution in [0.1, 0.15) is 48.8 Å². The average Bonchev–Trinajstić information content (AvgIpc) is 3.04. The molecule has 0 N–H and O–H groups in total. The minimum Gasteiger partial charge on any atom is -0.278 e. The van der Waals surface area contributed by atoms with Crippen LogP contribution in [-0.2, 0) is 32.6 Å². The van der Waals surface area contributed by atoms with Crippen molar-refractivity contribution in [2.24, 2.45) is 11.8 Å². The van der Waals surface area contributed by atoms with Gasteiger partial charge < -0.3 is 0 Å². The molecule has 168 valence electrons. The molecular weight excluding hydrogens is 424 g/mol. The van der Waals surface area contributed by atoms with Crippen LogP contribution in [0.25, 0.3) is 0 Å². The van der Waals surface area contributed by atoms with E-state index in [2.05, 4.69) is 0 Å². The predicted molar refractivity (Wildman–Crippen MR) is 121 cm³/mol. The van der Waals surface area contributed by atoms with Gasteiger partial charge >= 0.3 is 0 Å². The SMILES string of the molecule is Cc1ccc(CN2C(=O)[C@H]3CCCC[C@@H]3C2=O)cc1S(=O)(=O)N1CCCc2ccccc21. The average molecular weight is 453 g/mol. The first-order valence-corrected chi connectivity index (χ1v) is 12.9. The molecule has 0 bridgehead atoms. The monoisotopic (exact) mass is 452 g/mol. The molecule has 32 heavy (non-hydrogen) atoms. The summed E-state index contributed by atoms with van der Waals surface area (Å²) in [6.45, 7) is 2.35. The highest BCUT2D eigenvalue weighted by atomic mass is 32.2. The summed E-state index contributed by atoms with van der Waals surface area (Å²) in [6.07, 6.45) is 5.15. The van der Waals surface area contributed by atoms with Crippen molar-refractivity contribution in [3.8, 4) is 0 Å². The van der Waals surface area contributed by atoms with Gasteiger partial charge in [-0.3, -0.25) is 18.8 Å². The van der Waals surface area contributed by atoms with Crippen LogP contribution in [0.15, 0.2) is 47.4 Å². The van der Waals surface area contributed by atoms with Crippen molar-refractivity contribution in [1.82, 2.24) is 4.90 Å². The van der Waals surface area contributed by atoms with Crippen LogP contribution in [0.2, 0.25) is 0 Å². The van der Waals surface area contributed by atoms with Crippen LogP contribution in [0, 0.1) is 18.8 Å². The van der Waals surface area contributed by atoms with E-state index < -0.39 is 10.0 Å². The van der Waals surface area contributed by atoms with E-state index >= 15 is 0 Å². The molecule has 6 nitrogen and oxygen atoms in total. The molecule has 1 aliphatic carbocycles. The minimum atomic E-state index is -3.77. The highest BCUT2D eigenvalue weighted by Gasteiger charge is 2.48. The van der Waals surface area contributed by atoms with Crippen molar-refractivity contribution in [3.63, 3.8) is 0 Å². The largest absolute Gasteiger partial charge is 0.278 e. The van der Waals surface area contributed by atoms with Gasteiger partial charge in [0.25, 0.3) is 10.0 Å². The number of nitrogens with zero attached hydrogens (tertiary/aromatic N) is 2. The molecule has 1 saturated heterocycles. The lowest BCUT2D eigenvalue weighted by atomic mass is 9.81. The van der Waals surface area contributed by atoms with Crippen molar-refractivity contribution in [2.75, 3.05) is 10.8 Å². The number of anilines is 1. The molecule has 2 heterocycles. The van der Waals surface area contributed by atoms with Crippen LogP contribution >= 0.6 is 0 Å². The lowest BCUT2D eigenvalue weighted by Crippen LogP contribution is -2.36. The van der Waals surface area contributed by atoms with E-state index in [4.69, 9.17) is 0 Å². The number of likely N-dealkylation sites (tertiary alicyclic amines) is 1. The van der Waals surface area contributed by atoms with Crippen molar-refractivity contribution in [1.29, 1.82) is 0 Å². The molecule has 1 saturated carbocycles. The fourth-order valence-corrected chi connectivity index (χ4v) is 7.28. The number of hydrogen-bond acceptors (Lipinski definition) is 4. The zero-order valence-electron chi connectivity index (χ0n) is 18.3. The maximum atomic E-state index is 13.7. The number of imide groups is 1. The molecule has 2 atom stereocenters. The first-order valence-electron chi connectivity index (χ1n) is 11.4. The number of carbonyl (C=O) groups is 2. The Balaban J connectivity index is 1.46. The summed E-state index contributed by atoms with van der Waals surface area (Å²) in [5.41, 5.74) is 3.09. The van der Waals surface area contributed by atoms with Gasteiger partial charge in [0.05, 0.1) is 29.0 Å². The lowest BCUT2D eigenvalue weighted by Gasteiger charge is -2.31. The lowest BCUT2D eigenvalue weighted by molar-refractivity contribution is -0.140. The number of sulfonamides is 1. The van der Waals surface area contributed by atoms with Gasteiger partial charge in [0.15, 0.2) is 0 Å². The second kappa shape index (κ2) is 8.03. The molecule has 0 aromatic heterocycles. The van der Waals surface area contributed by atoms with Gasteiger partial charge in [-0.05, 0) is 61.4 Å². The molecule has 0 radical (unpaired) electrons. The van der Waals surface area contributed by atoms with E-state index in [-0.39, 0.29) is 35.1 Å². The maximum absolute atomic E-state index is 13.7. The third-order valence-corrected chi connectivity index (χ3v) is 9.12. The van der Waals surface area contributed by atoms with Gasteiger partial charge in [-0.15, -0.1) is 0 Å². The Labute approximate surface area is 189 Å². The van der Waals surface area contributed by atoms with E-state index in [0.717, 1.165) is 49.8 Å². The summed E-state index contributed by atoms with van der Waals surface area (Å²) in [6, 6.07) is 12.9.